The van der Waals surface area contributed by atoms with Crippen LogP contribution in [0.1, 0.15) is 48.8 Å². The van der Waals surface area contributed by atoms with Crippen LogP contribution in [0.3, 0.4) is 0 Å². The van der Waals surface area contributed by atoms with E-state index in [1.54, 1.807) is 12.4 Å². The van der Waals surface area contributed by atoms with Crippen LogP contribution in [0.5, 0.6) is 5.75 Å². The highest BCUT2D eigenvalue weighted by molar-refractivity contribution is 6.30. The van der Waals surface area contributed by atoms with Gasteiger partial charge in [0.2, 0.25) is 5.95 Å². The van der Waals surface area contributed by atoms with Crippen LogP contribution in [0, 0.1) is 19.8 Å². The molecular weight excluding hydrogens is 450 g/mol. The van der Waals surface area contributed by atoms with E-state index in [0.29, 0.717) is 11.1 Å². The third-order valence-corrected chi connectivity index (χ3v) is 7.02. The van der Waals surface area contributed by atoms with E-state index in [0.717, 1.165) is 70.5 Å². The molecule has 2 aromatic rings. The number of aromatic nitrogens is 2. The Morgan fingerprint density at radius 1 is 1.12 bits per heavy atom. The number of aliphatic hydroxyl groups is 1. The average Bonchev–Trinajstić information content (AvgIpc) is 3.37. The minimum atomic E-state index is 0.585. The second-order valence-corrected chi connectivity index (χ2v) is 9.67. The molecule has 1 unspecified atom stereocenters. The molecule has 0 radical (unpaired) electrons. The van der Waals surface area contributed by atoms with Crippen molar-refractivity contribution in [3.63, 3.8) is 0 Å². The lowest BCUT2D eigenvalue weighted by atomic mass is 9.92. The molecule has 0 spiro atoms. The zero-order chi connectivity index (χ0) is 24.3. The molecule has 1 aromatic heterocycles. The molecule has 2 saturated heterocycles. The number of nitrogens with zero attached hydrogens (tertiary/aromatic N) is 3. The van der Waals surface area contributed by atoms with Gasteiger partial charge in [0.1, 0.15) is 5.75 Å². The third kappa shape index (κ3) is 7.80. The van der Waals surface area contributed by atoms with Crippen LogP contribution in [0.4, 0.5) is 5.95 Å². The van der Waals surface area contributed by atoms with Crippen molar-refractivity contribution in [1.29, 1.82) is 0 Å². The Hall–Kier alpha value is -1.93. The van der Waals surface area contributed by atoms with Crippen molar-refractivity contribution in [2.75, 3.05) is 44.8 Å². The van der Waals surface area contributed by atoms with Crippen LogP contribution < -0.4 is 20.3 Å². The van der Waals surface area contributed by atoms with Gasteiger partial charge in [-0.15, -0.1) is 0 Å². The fourth-order valence-corrected chi connectivity index (χ4v) is 4.94. The van der Waals surface area contributed by atoms with E-state index < -0.39 is 0 Å². The first-order valence-electron chi connectivity index (χ1n) is 12.4. The third-order valence-electron chi connectivity index (χ3n) is 6.83. The summed E-state index contributed by atoms with van der Waals surface area (Å²) in [5.41, 5.74) is 4.03. The lowest BCUT2D eigenvalue weighted by molar-refractivity contribution is 0.278. The molecule has 34 heavy (non-hydrogen) atoms. The van der Waals surface area contributed by atoms with E-state index in [2.05, 4.69) is 51.5 Å². The van der Waals surface area contributed by atoms with Crippen molar-refractivity contribution in [3.05, 3.63) is 46.2 Å². The zero-order valence-electron chi connectivity index (χ0n) is 20.8. The highest BCUT2D eigenvalue weighted by Gasteiger charge is 2.21. The van der Waals surface area contributed by atoms with Gasteiger partial charge in [0.15, 0.2) is 0 Å². The number of hydrogen-bond acceptors (Lipinski definition) is 7. The molecule has 3 N–H and O–H groups in total. The maximum Gasteiger partial charge on any atom is 0.225 e. The van der Waals surface area contributed by atoms with Crippen molar-refractivity contribution in [2.24, 2.45) is 5.92 Å². The molecule has 2 fully saturated rings. The summed E-state index contributed by atoms with van der Waals surface area (Å²) >= 11 is 5.89. The highest BCUT2D eigenvalue weighted by Crippen LogP contribution is 2.26. The Kier molecular flexibility index (Phi) is 10.8. The minimum absolute atomic E-state index is 0.585. The maximum absolute atomic E-state index is 7.00. The van der Waals surface area contributed by atoms with Crippen molar-refractivity contribution in [3.8, 4) is 5.75 Å². The maximum atomic E-state index is 7.00. The van der Waals surface area contributed by atoms with Gasteiger partial charge in [0, 0.05) is 39.3 Å². The number of aliphatic hydroxyl groups excluding tert-OH is 1. The number of aryl methyl sites for hydroxylation is 2. The van der Waals surface area contributed by atoms with E-state index in [-0.39, 0.29) is 0 Å². The first-order valence-corrected chi connectivity index (χ1v) is 12.8. The molecule has 0 bridgehead atoms. The largest absolute Gasteiger partial charge is 0.494 e. The van der Waals surface area contributed by atoms with E-state index in [9.17, 15) is 0 Å². The number of piperidine rings is 1. The smallest absolute Gasteiger partial charge is 0.225 e. The molecule has 0 saturated carbocycles. The van der Waals surface area contributed by atoms with E-state index in [4.69, 9.17) is 21.4 Å². The Morgan fingerprint density at radius 2 is 1.79 bits per heavy atom. The minimum Gasteiger partial charge on any atom is -0.494 e. The molecule has 0 aliphatic carbocycles. The topological polar surface area (TPSA) is 82.5 Å². The number of ether oxygens (including phenoxy) is 1. The molecule has 1 aromatic carbocycles. The fourth-order valence-electron chi connectivity index (χ4n) is 4.84. The first kappa shape index (κ1) is 26.7. The first-order chi connectivity index (χ1) is 16.6. The fraction of sp³-hybridized carbons (Fsp3) is 0.615. The van der Waals surface area contributed by atoms with Crippen molar-refractivity contribution >= 4 is 17.5 Å². The van der Waals surface area contributed by atoms with Gasteiger partial charge in [0.25, 0.3) is 0 Å². The van der Waals surface area contributed by atoms with Gasteiger partial charge in [-0.05, 0) is 87.2 Å². The summed E-state index contributed by atoms with van der Waals surface area (Å²) in [7, 11) is 1.00. The molecule has 2 aliphatic rings. The summed E-state index contributed by atoms with van der Waals surface area (Å²) in [6.45, 7) is 10.3. The average molecular weight is 490 g/mol. The van der Waals surface area contributed by atoms with Gasteiger partial charge in [-0.1, -0.05) is 11.6 Å². The van der Waals surface area contributed by atoms with Crippen LogP contribution >= 0.6 is 11.6 Å². The summed E-state index contributed by atoms with van der Waals surface area (Å²) in [4.78, 5) is 10.9. The number of halogens is 1. The predicted octanol–water partition coefficient (Wildman–Crippen LogP) is 3.88. The Labute approximate surface area is 209 Å². The summed E-state index contributed by atoms with van der Waals surface area (Å²) in [5, 5.41) is 14.7. The number of rotatable bonds is 9. The Balaban J connectivity index is 0.00000158. The van der Waals surface area contributed by atoms with Crippen LogP contribution in [0.25, 0.3) is 0 Å². The van der Waals surface area contributed by atoms with Crippen LogP contribution in [-0.4, -0.2) is 61.0 Å². The monoisotopic (exact) mass is 489 g/mol. The number of nitrogens with one attached hydrogen (secondary N) is 2. The van der Waals surface area contributed by atoms with Crippen LogP contribution in [-0.2, 0) is 6.54 Å². The van der Waals surface area contributed by atoms with Crippen LogP contribution in [0.15, 0.2) is 24.5 Å². The van der Waals surface area contributed by atoms with Crippen LogP contribution in [0.2, 0.25) is 5.02 Å². The van der Waals surface area contributed by atoms with E-state index in [1.807, 2.05) is 0 Å². The van der Waals surface area contributed by atoms with Crippen molar-refractivity contribution in [2.45, 2.75) is 58.5 Å². The van der Waals surface area contributed by atoms with Gasteiger partial charge < -0.3 is 25.4 Å². The van der Waals surface area contributed by atoms with E-state index in [1.165, 1.54) is 42.4 Å². The highest BCUT2D eigenvalue weighted by atomic mass is 35.5. The zero-order valence-corrected chi connectivity index (χ0v) is 21.6. The van der Waals surface area contributed by atoms with Gasteiger partial charge in [0.05, 0.1) is 24.0 Å². The van der Waals surface area contributed by atoms with Gasteiger partial charge >= 0.3 is 0 Å². The summed E-state index contributed by atoms with van der Waals surface area (Å²) < 4.78 is 6.12. The number of anilines is 1. The molecular formula is C26H40ClN5O2. The number of hydrogen-bond donors (Lipinski definition) is 3. The normalized spacial score (nSPS) is 18.5. The second kappa shape index (κ2) is 13.8. The molecule has 8 heteroatoms. The Morgan fingerprint density at radius 3 is 2.41 bits per heavy atom. The quantitative estimate of drug-likeness (QED) is 0.461. The molecule has 4 rings (SSSR count). The second-order valence-electron chi connectivity index (χ2n) is 9.23. The molecule has 7 nitrogen and oxygen atoms in total. The standard InChI is InChI=1S/C25H36ClN5O.CH4O/c1-18-12-23(13-19(2)24(18)17-28-22-5-8-27-16-22)32-11-3-4-20-6-9-31(10-7-20)25-29-14-21(26)15-30-25;1-2/h12-15,20,22,27-28H,3-11,16-17H2,1-2H3;2H,1H3. The summed E-state index contributed by atoms with van der Waals surface area (Å²) in [5.74, 6) is 2.55. The van der Waals surface area contributed by atoms with Gasteiger partial charge in [-0.25, -0.2) is 9.97 Å². The molecule has 3 heterocycles. The summed E-state index contributed by atoms with van der Waals surface area (Å²) in [6, 6.07) is 4.98. The van der Waals surface area contributed by atoms with Gasteiger partial charge in [-0.2, -0.15) is 0 Å². The van der Waals surface area contributed by atoms with E-state index >= 15 is 0 Å². The predicted molar refractivity (Wildman–Crippen MR) is 139 cm³/mol. The number of benzene rings is 1. The molecule has 2 aliphatic heterocycles. The van der Waals surface area contributed by atoms with Crippen molar-refractivity contribution < 1.29 is 9.84 Å². The lowest BCUT2D eigenvalue weighted by Crippen LogP contribution is -2.34. The SMILES string of the molecule is CO.Cc1cc(OCCCC2CCN(c3ncc(Cl)cn3)CC2)cc(C)c1CNC1CCNC1. The van der Waals surface area contributed by atoms with Gasteiger partial charge in [-0.3, -0.25) is 0 Å². The summed E-state index contributed by atoms with van der Waals surface area (Å²) in [6.07, 6.45) is 9.24. The van der Waals surface area contributed by atoms with Crippen molar-refractivity contribution in [1.82, 2.24) is 20.6 Å². The molecule has 0 amide bonds. The lowest BCUT2D eigenvalue weighted by Gasteiger charge is -2.32. The molecule has 188 valence electrons. The molecule has 1 atom stereocenters. The Bertz CT molecular complexity index is 843.